The molecule has 2 heterocycles. The molecule has 1 unspecified atom stereocenters. The summed E-state index contributed by atoms with van der Waals surface area (Å²) in [5, 5.41) is 4.81. The summed E-state index contributed by atoms with van der Waals surface area (Å²) in [6.07, 6.45) is 0. The lowest BCUT2D eigenvalue weighted by molar-refractivity contribution is 0.0898. The zero-order valence-electron chi connectivity index (χ0n) is 18.5. The van der Waals surface area contributed by atoms with E-state index in [1.165, 1.54) is 11.3 Å². The molecule has 0 radical (unpaired) electrons. The van der Waals surface area contributed by atoms with E-state index in [2.05, 4.69) is 99.2 Å². The van der Waals surface area contributed by atoms with Gasteiger partial charge in [0.05, 0.1) is 11.2 Å². The van der Waals surface area contributed by atoms with Crippen molar-refractivity contribution in [2.75, 3.05) is 30.4 Å². The summed E-state index contributed by atoms with van der Waals surface area (Å²) < 4.78 is 0. The first-order valence-corrected chi connectivity index (χ1v) is 10.5. The van der Waals surface area contributed by atoms with Gasteiger partial charge in [-0.15, -0.1) is 0 Å². The van der Waals surface area contributed by atoms with Gasteiger partial charge in [0.2, 0.25) is 0 Å². The van der Waals surface area contributed by atoms with E-state index in [-0.39, 0.29) is 5.54 Å². The molecule has 1 aromatic heterocycles. The molecule has 4 nitrogen and oxygen atoms in total. The zero-order valence-corrected chi connectivity index (χ0v) is 18.5. The normalized spacial score (nSPS) is 19.5. The Balaban J connectivity index is 1.60. The third kappa shape index (κ3) is 3.69. The third-order valence-corrected chi connectivity index (χ3v) is 6.56. The van der Waals surface area contributed by atoms with Crippen LogP contribution in [0.25, 0.3) is 10.9 Å². The number of pyridine rings is 1. The molecule has 0 bridgehead atoms. The number of aryl methyl sites for hydroxylation is 1. The van der Waals surface area contributed by atoms with E-state index in [9.17, 15) is 0 Å². The Morgan fingerprint density at radius 2 is 1.72 bits per heavy atom. The van der Waals surface area contributed by atoms with Gasteiger partial charge < -0.3 is 10.2 Å². The quantitative estimate of drug-likeness (QED) is 0.641. The molecule has 0 saturated carbocycles. The maximum atomic E-state index is 4.73. The smallest absolute Gasteiger partial charge is 0.0726 e. The number of piperazine rings is 1. The lowest BCUT2D eigenvalue weighted by Gasteiger charge is -2.50. The standard InChI is InChI=1S/C25H32N4/c1-17-15-29(16-25(4,5)28(17)6)21-13-11-20(12-14-21)27-24-18(2)19(3)26-23-10-8-7-9-22(23)24/h7-14,17H,15-16H2,1-6H3,(H,26,27). The minimum atomic E-state index is 0.166. The van der Waals surface area contributed by atoms with E-state index >= 15 is 0 Å². The lowest BCUT2D eigenvalue weighted by atomic mass is 9.96. The first kappa shape index (κ1) is 19.7. The van der Waals surface area contributed by atoms with Crippen molar-refractivity contribution in [2.24, 2.45) is 0 Å². The van der Waals surface area contributed by atoms with Gasteiger partial charge in [-0.2, -0.15) is 0 Å². The highest BCUT2D eigenvalue weighted by Crippen LogP contribution is 2.32. The van der Waals surface area contributed by atoms with E-state index < -0.39 is 0 Å². The maximum Gasteiger partial charge on any atom is 0.0726 e. The predicted octanol–water partition coefficient (Wildman–Crippen LogP) is 5.51. The molecular weight excluding hydrogens is 356 g/mol. The Morgan fingerprint density at radius 1 is 1.03 bits per heavy atom. The van der Waals surface area contributed by atoms with Gasteiger partial charge in [0.15, 0.2) is 0 Å². The number of rotatable bonds is 3. The van der Waals surface area contributed by atoms with Gasteiger partial charge in [-0.05, 0) is 77.6 Å². The van der Waals surface area contributed by atoms with Crippen molar-refractivity contribution in [3.05, 3.63) is 59.8 Å². The number of aromatic nitrogens is 1. The Kier molecular flexibility index (Phi) is 4.99. The van der Waals surface area contributed by atoms with Crippen LogP contribution in [0.2, 0.25) is 0 Å². The average molecular weight is 389 g/mol. The second kappa shape index (κ2) is 7.34. The summed E-state index contributed by atoms with van der Waals surface area (Å²) in [5.41, 5.74) is 7.00. The Hall–Kier alpha value is -2.59. The van der Waals surface area contributed by atoms with Gasteiger partial charge >= 0.3 is 0 Å². The highest BCUT2D eigenvalue weighted by atomic mass is 15.3. The molecule has 1 aliphatic heterocycles. The van der Waals surface area contributed by atoms with Gasteiger partial charge in [0.25, 0.3) is 0 Å². The summed E-state index contributed by atoms with van der Waals surface area (Å²) >= 11 is 0. The van der Waals surface area contributed by atoms with Crippen molar-refractivity contribution in [1.82, 2.24) is 9.88 Å². The molecule has 1 atom stereocenters. The first-order valence-electron chi connectivity index (χ1n) is 10.5. The van der Waals surface area contributed by atoms with Gasteiger partial charge in [-0.25, -0.2) is 0 Å². The van der Waals surface area contributed by atoms with Crippen LogP contribution in [0, 0.1) is 13.8 Å². The summed E-state index contributed by atoms with van der Waals surface area (Å²) in [5.74, 6) is 0. The number of nitrogens with zero attached hydrogens (tertiary/aromatic N) is 3. The molecule has 1 saturated heterocycles. The third-order valence-electron chi connectivity index (χ3n) is 6.56. The van der Waals surface area contributed by atoms with Crippen LogP contribution in [0.3, 0.4) is 0 Å². The molecule has 0 spiro atoms. The Morgan fingerprint density at radius 3 is 2.41 bits per heavy atom. The molecule has 1 aliphatic rings. The van der Waals surface area contributed by atoms with Gasteiger partial charge in [0, 0.05) is 47.1 Å². The molecule has 152 valence electrons. The number of hydrogen-bond donors (Lipinski definition) is 1. The molecule has 29 heavy (non-hydrogen) atoms. The van der Waals surface area contributed by atoms with Crippen LogP contribution in [-0.2, 0) is 0 Å². The van der Waals surface area contributed by atoms with E-state index in [4.69, 9.17) is 4.98 Å². The second-order valence-electron chi connectivity index (χ2n) is 9.04. The van der Waals surface area contributed by atoms with E-state index in [1.54, 1.807) is 0 Å². The van der Waals surface area contributed by atoms with Crippen LogP contribution in [0.15, 0.2) is 48.5 Å². The molecule has 0 amide bonds. The van der Waals surface area contributed by atoms with Crippen LogP contribution in [0.5, 0.6) is 0 Å². The average Bonchev–Trinajstić information content (AvgIpc) is 2.69. The maximum absolute atomic E-state index is 4.73. The van der Waals surface area contributed by atoms with Crippen molar-refractivity contribution >= 4 is 28.0 Å². The molecule has 3 aromatic rings. The Bertz CT molecular complexity index is 1020. The molecular formula is C25H32N4. The van der Waals surface area contributed by atoms with Crippen molar-refractivity contribution in [3.63, 3.8) is 0 Å². The predicted molar refractivity (Wildman–Crippen MR) is 124 cm³/mol. The topological polar surface area (TPSA) is 31.4 Å². The lowest BCUT2D eigenvalue weighted by Crippen LogP contribution is -2.61. The van der Waals surface area contributed by atoms with Gasteiger partial charge in [-0.1, -0.05) is 18.2 Å². The highest BCUT2D eigenvalue weighted by Gasteiger charge is 2.35. The largest absolute Gasteiger partial charge is 0.368 e. The summed E-state index contributed by atoms with van der Waals surface area (Å²) in [4.78, 5) is 9.72. The van der Waals surface area contributed by atoms with Crippen LogP contribution in [0.1, 0.15) is 32.0 Å². The number of anilines is 3. The molecule has 0 aliphatic carbocycles. The van der Waals surface area contributed by atoms with Crippen LogP contribution in [0.4, 0.5) is 17.1 Å². The summed E-state index contributed by atoms with van der Waals surface area (Å²) in [7, 11) is 2.23. The monoisotopic (exact) mass is 388 g/mol. The van der Waals surface area contributed by atoms with E-state index in [0.29, 0.717) is 6.04 Å². The molecule has 4 rings (SSSR count). The van der Waals surface area contributed by atoms with Crippen LogP contribution < -0.4 is 10.2 Å². The highest BCUT2D eigenvalue weighted by molar-refractivity contribution is 5.95. The Labute approximate surface area is 174 Å². The molecule has 1 fully saturated rings. The van der Waals surface area contributed by atoms with Crippen molar-refractivity contribution in [3.8, 4) is 0 Å². The molecule has 2 aromatic carbocycles. The zero-order chi connectivity index (χ0) is 20.8. The number of hydrogen-bond acceptors (Lipinski definition) is 4. The number of fused-ring (bicyclic) bond motifs is 1. The van der Waals surface area contributed by atoms with Crippen LogP contribution >= 0.6 is 0 Å². The number of nitrogens with one attached hydrogen (secondary N) is 1. The van der Waals surface area contributed by atoms with E-state index in [0.717, 1.165) is 41.1 Å². The van der Waals surface area contributed by atoms with Crippen molar-refractivity contribution in [1.29, 1.82) is 0 Å². The fourth-order valence-corrected chi connectivity index (χ4v) is 4.37. The fraction of sp³-hybridized carbons (Fsp3) is 0.400. The summed E-state index contributed by atoms with van der Waals surface area (Å²) in [6, 6.07) is 17.7. The first-order chi connectivity index (χ1) is 13.8. The summed E-state index contributed by atoms with van der Waals surface area (Å²) in [6.45, 7) is 13.3. The van der Waals surface area contributed by atoms with Crippen molar-refractivity contribution < 1.29 is 0 Å². The van der Waals surface area contributed by atoms with Gasteiger partial charge in [0.1, 0.15) is 0 Å². The minimum Gasteiger partial charge on any atom is -0.368 e. The number of likely N-dealkylation sites (N-methyl/N-ethyl adjacent to an activating group) is 1. The molecule has 1 N–H and O–H groups in total. The SMILES string of the molecule is Cc1nc2ccccc2c(Nc2ccc(N3CC(C)N(C)C(C)(C)C3)cc2)c1C. The minimum absolute atomic E-state index is 0.166. The second-order valence-corrected chi connectivity index (χ2v) is 9.04. The fourth-order valence-electron chi connectivity index (χ4n) is 4.37. The number of para-hydroxylation sites is 1. The van der Waals surface area contributed by atoms with Crippen molar-refractivity contribution in [2.45, 2.75) is 46.2 Å². The number of benzene rings is 2. The molecule has 4 heteroatoms. The van der Waals surface area contributed by atoms with E-state index in [1.807, 2.05) is 6.07 Å². The van der Waals surface area contributed by atoms with Gasteiger partial charge in [-0.3, -0.25) is 9.88 Å². The van der Waals surface area contributed by atoms with Crippen LogP contribution in [-0.4, -0.2) is 41.6 Å².